The fourth-order valence-corrected chi connectivity index (χ4v) is 3.16. The Kier molecular flexibility index (Phi) is 15.0. The van der Waals surface area contributed by atoms with Gasteiger partial charge in [0.25, 0.3) is 0 Å². The van der Waals surface area contributed by atoms with Crippen molar-refractivity contribution < 1.29 is 19.1 Å². The lowest BCUT2D eigenvalue weighted by Crippen LogP contribution is -2.27. The van der Waals surface area contributed by atoms with Crippen molar-refractivity contribution in [2.45, 2.75) is 99.5 Å². The molecule has 0 heterocycles. The van der Waals surface area contributed by atoms with Crippen LogP contribution in [-0.2, 0) is 19.1 Å². The lowest BCUT2D eigenvalue weighted by molar-refractivity contribution is -0.157. The molecule has 0 aromatic rings. The smallest absolute Gasteiger partial charge is 0.309 e. The number of esters is 2. The molecular formula is C26H44O4. The summed E-state index contributed by atoms with van der Waals surface area (Å²) in [6.45, 7) is 14.4. The van der Waals surface area contributed by atoms with E-state index in [1.807, 2.05) is 20.8 Å². The molecule has 0 saturated heterocycles. The lowest BCUT2D eigenvalue weighted by Gasteiger charge is -2.19. The van der Waals surface area contributed by atoms with Crippen molar-refractivity contribution in [1.29, 1.82) is 0 Å². The Morgan fingerprint density at radius 3 is 1.87 bits per heavy atom. The summed E-state index contributed by atoms with van der Waals surface area (Å²) in [5.41, 5.74) is 4.20. The highest BCUT2D eigenvalue weighted by molar-refractivity contribution is 5.80. The first-order valence-corrected chi connectivity index (χ1v) is 11.3. The van der Waals surface area contributed by atoms with Gasteiger partial charge in [-0.1, -0.05) is 48.8 Å². The molecule has 4 heteroatoms. The van der Waals surface area contributed by atoms with Gasteiger partial charge in [-0.2, -0.15) is 0 Å². The first kappa shape index (κ1) is 28.2. The summed E-state index contributed by atoms with van der Waals surface area (Å²) >= 11 is 0. The van der Waals surface area contributed by atoms with Crippen LogP contribution in [0.15, 0.2) is 34.9 Å². The number of rotatable bonds is 14. The third-order valence-corrected chi connectivity index (χ3v) is 5.22. The first-order chi connectivity index (χ1) is 14.1. The Morgan fingerprint density at radius 2 is 1.37 bits per heavy atom. The van der Waals surface area contributed by atoms with E-state index in [1.54, 1.807) is 0 Å². The molecule has 2 atom stereocenters. The van der Waals surface area contributed by atoms with Crippen LogP contribution in [0.5, 0.6) is 0 Å². The van der Waals surface area contributed by atoms with Gasteiger partial charge in [-0.15, -0.1) is 0 Å². The molecular weight excluding hydrogens is 376 g/mol. The third-order valence-electron chi connectivity index (χ3n) is 5.22. The molecule has 0 aromatic heterocycles. The standard InChI is InChI=1S/C26H44O4/c1-19(2)12-9-13-21(5)14-10-15-22(6)16-11-17-23(7)30-25(27)18-24(20(3)4)26(28)29-8/h12,14,16,20,23-24H,9-11,13,15,17-18H2,1-8H3/b21-14+,22-16+. The Hall–Kier alpha value is -1.84. The van der Waals surface area contributed by atoms with E-state index in [-0.39, 0.29) is 30.4 Å². The molecule has 4 nitrogen and oxygen atoms in total. The Morgan fingerprint density at radius 1 is 0.833 bits per heavy atom. The largest absolute Gasteiger partial charge is 0.469 e. The van der Waals surface area contributed by atoms with Crippen LogP contribution in [0, 0.1) is 11.8 Å². The van der Waals surface area contributed by atoms with Crippen LogP contribution in [0.1, 0.15) is 93.4 Å². The Balaban J connectivity index is 4.24. The lowest BCUT2D eigenvalue weighted by atomic mass is 9.93. The van der Waals surface area contributed by atoms with Crippen molar-refractivity contribution >= 4 is 11.9 Å². The third kappa shape index (κ3) is 14.2. The van der Waals surface area contributed by atoms with Gasteiger partial charge in [0.1, 0.15) is 0 Å². The predicted molar refractivity (Wildman–Crippen MR) is 125 cm³/mol. The average molecular weight is 421 g/mol. The summed E-state index contributed by atoms with van der Waals surface area (Å²) in [5, 5.41) is 0. The number of carbonyl (C=O) groups is 2. The van der Waals surface area contributed by atoms with Gasteiger partial charge in [0.15, 0.2) is 0 Å². The minimum atomic E-state index is -0.449. The van der Waals surface area contributed by atoms with Crippen LogP contribution in [0.25, 0.3) is 0 Å². The summed E-state index contributed by atoms with van der Waals surface area (Å²) < 4.78 is 10.3. The molecule has 0 N–H and O–H groups in total. The highest BCUT2D eigenvalue weighted by Gasteiger charge is 2.27. The fraction of sp³-hybridized carbons (Fsp3) is 0.692. The van der Waals surface area contributed by atoms with Gasteiger partial charge in [0.2, 0.25) is 0 Å². The number of ether oxygens (including phenoxy) is 2. The normalized spacial score (nSPS) is 14.3. The second-order valence-corrected chi connectivity index (χ2v) is 8.92. The van der Waals surface area contributed by atoms with Crippen molar-refractivity contribution in [2.75, 3.05) is 7.11 Å². The maximum atomic E-state index is 12.1. The first-order valence-electron chi connectivity index (χ1n) is 11.3. The molecule has 2 unspecified atom stereocenters. The molecule has 172 valence electrons. The zero-order valence-corrected chi connectivity index (χ0v) is 20.5. The highest BCUT2D eigenvalue weighted by atomic mass is 16.5. The molecule has 0 aliphatic rings. The molecule has 0 aliphatic heterocycles. The number of hydrogen-bond acceptors (Lipinski definition) is 4. The van der Waals surface area contributed by atoms with Crippen molar-refractivity contribution in [3.63, 3.8) is 0 Å². The zero-order chi connectivity index (χ0) is 23.1. The maximum Gasteiger partial charge on any atom is 0.309 e. The van der Waals surface area contributed by atoms with E-state index in [0.717, 1.165) is 38.5 Å². The zero-order valence-electron chi connectivity index (χ0n) is 20.5. The van der Waals surface area contributed by atoms with Gasteiger partial charge < -0.3 is 9.47 Å². The van der Waals surface area contributed by atoms with Gasteiger partial charge in [-0.3, -0.25) is 9.59 Å². The number of allylic oxidation sites excluding steroid dienone is 6. The van der Waals surface area contributed by atoms with Crippen LogP contribution in [0.2, 0.25) is 0 Å². The van der Waals surface area contributed by atoms with E-state index in [0.29, 0.717) is 0 Å². The number of hydrogen-bond donors (Lipinski definition) is 0. The van der Waals surface area contributed by atoms with Crippen LogP contribution < -0.4 is 0 Å². The van der Waals surface area contributed by atoms with Crippen LogP contribution >= 0.6 is 0 Å². The highest BCUT2D eigenvalue weighted by Crippen LogP contribution is 2.19. The number of methoxy groups -OCH3 is 1. The topological polar surface area (TPSA) is 52.6 Å². The van der Waals surface area contributed by atoms with Crippen LogP contribution in [-0.4, -0.2) is 25.2 Å². The second-order valence-electron chi connectivity index (χ2n) is 8.92. The molecule has 0 aliphatic carbocycles. The minimum absolute atomic E-state index is 0.0378. The van der Waals surface area contributed by atoms with E-state index in [4.69, 9.17) is 9.47 Å². The molecule has 0 fully saturated rings. The van der Waals surface area contributed by atoms with Crippen molar-refractivity contribution in [1.82, 2.24) is 0 Å². The van der Waals surface area contributed by atoms with Gasteiger partial charge in [-0.25, -0.2) is 0 Å². The number of carbonyl (C=O) groups excluding carboxylic acids is 2. The van der Waals surface area contributed by atoms with Gasteiger partial charge in [0, 0.05) is 0 Å². The fourth-order valence-electron chi connectivity index (χ4n) is 3.16. The van der Waals surface area contributed by atoms with Crippen LogP contribution in [0.3, 0.4) is 0 Å². The summed E-state index contributed by atoms with van der Waals surface area (Å²) in [5.74, 6) is -1.10. The summed E-state index contributed by atoms with van der Waals surface area (Å²) in [6.07, 6.45) is 12.8. The van der Waals surface area contributed by atoms with E-state index < -0.39 is 5.92 Å². The average Bonchev–Trinajstić information content (AvgIpc) is 2.64. The maximum absolute atomic E-state index is 12.1. The van der Waals surface area contributed by atoms with Crippen molar-refractivity contribution in [3.05, 3.63) is 34.9 Å². The van der Waals surface area contributed by atoms with Gasteiger partial charge in [0.05, 0.1) is 25.6 Å². The van der Waals surface area contributed by atoms with E-state index in [2.05, 4.69) is 45.9 Å². The Bertz CT molecular complexity index is 607. The van der Waals surface area contributed by atoms with Crippen LogP contribution in [0.4, 0.5) is 0 Å². The summed E-state index contributed by atoms with van der Waals surface area (Å²) in [6, 6.07) is 0. The molecule has 0 bridgehead atoms. The molecule has 0 aromatic carbocycles. The molecule has 30 heavy (non-hydrogen) atoms. The van der Waals surface area contributed by atoms with E-state index >= 15 is 0 Å². The SMILES string of the molecule is COC(=O)C(CC(=O)OC(C)CC/C=C(\C)CC/C=C(\C)CCC=C(C)C)C(C)C. The quantitative estimate of drug-likeness (QED) is 0.225. The summed E-state index contributed by atoms with van der Waals surface area (Å²) in [7, 11) is 1.35. The molecule has 0 spiro atoms. The second kappa shape index (κ2) is 15.9. The minimum Gasteiger partial charge on any atom is -0.469 e. The van der Waals surface area contributed by atoms with Crippen molar-refractivity contribution in [3.8, 4) is 0 Å². The molecule has 0 saturated carbocycles. The predicted octanol–water partition coefficient (Wildman–Crippen LogP) is 6.95. The monoisotopic (exact) mass is 420 g/mol. The van der Waals surface area contributed by atoms with E-state index in [9.17, 15) is 9.59 Å². The van der Waals surface area contributed by atoms with Gasteiger partial charge >= 0.3 is 11.9 Å². The van der Waals surface area contributed by atoms with Crippen molar-refractivity contribution in [2.24, 2.45) is 11.8 Å². The van der Waals surface area contributed by atoms with E-state index in [1.165, 1.54) is 23.8 Å². The summed E-state index contributed by atoms with van der Waals surface area (Å²) in [4.78, 5) is 23.9. The molecule has 0 radical (unpaired) electrons. The Labute approximate surface area is 184 Å². The molecule has 0 amide bonds. The van der Waals surface area contributed by atoms with Gasteiger partial charge in [-0.05, 0) is 79.1 Å². The molecule has 0 rings (SSSR count).